The number of rotatable bonds is 4. The number of aromatic hydroxyl groups is 1. The third-order valence-electron chi connectivity index (χ3n) is 5.56. The maximum Gasteiger partial charge on any atom is 0.317 e. The Morgan fingerprint density at radius 1 is 1.28 bits per heavy atom. The Labute approximate surface area is 170 Å². The first-order valence-electron chi connectivity index (χ1n) is 9.99. The number of ether oxygens (including phenoxy) is 2. The number of urea groups is 1. The summed E-state index contributed by atoms with van der Waals surface area (Å²) in [7, 11) is 1.68. The summed E-state index contributed by atoms with van der Waals surface area (Å²) in [6, 6.07) is 13.0. The number of carbonyl (C=O) groups is 1. The van der Waals surface area contributed by atoms with Gasteiger partial charge in [0.05, 0.1) is 20.2 Å². The monoisotopic (exact) mass is 397 g/mol. The fourth-order valence-electron chi connectivity index (χ4n) is 3.92. The summed E-state index contributed by atoms with van der Waals surface area (Å²) in [4.78, 5) is 16.8. The normalized spacial score (nSPS) is 18.6. The van der Waals surface area contributed by atoms with E-state index in [1.807, 2.05) is 18.2 Å². The van der Waals surface area contributed by atoms with Crippen molar-refractivity contribution in [2.75, 3.05) is 44.8 Å². The van der Waals surface area contributed by atoms with Crippen molar-refractivity contribution >= 4 is 11.7 Å². The van der Waals surface area contributed by atoms with Crippen molar-refractivity contribution in [3.05, 3.63) is 48.0 Å². The van der Waals surface area contributed by atoms with Crippen LogP contribution in [0.1, 0.15) is 12.0 Å². The van der Waals surface area contributed by atoms with Crippen molar-refractivity contribution in [1.82, 2.24) is 10.2 Å². The van der Waals surface area contributed by atoms with Gasteiger partial charge in [-0.25, -0.2) is 4.79 Å². The SMILES string of the molecule is COc1cccc(N2CCC(CNC(=O)N3CCOc4cc(O)ccc4C3)C2)c1. The molecule has 2 heterocycles. The number of benzene rings is 2. The van der Waals surface area contributed by atoms with Gasteiger partial charge in [0.15, 0.2) is 0 Å². The molecule has 7 nitrogen and oxygen atoms in total. The van der Waals surface area contributed by atoms with Gasteiger partial charge in [-0.1, -0.05) is 6.07 Å². The smallest absolute Gasteiger partial charge is 0.317 e. The van der Waals surface area contributed by atoms with E-state index in [4.69, 9.17) is 9.47 Å². The molecule has 2 aliphatic rings. The summed E-state index contributed by atoms with van der Waals surface area (Å²) in [5.41, 5.74) is 2.06. The van der Waals surface area contributed by atoms with Crippen LogP contribution in [0.4, 0.5) is 10.5 Å². The molecule has 0 saturated carbocycles. The molecule has 7 heteroatoms. The third-order valence-corrected chi connectivity index (χ3v) is 5.56. The Hall–Kier alpha value is -3.09. The van der Waals surface area contributed by atoms with Gasteiger partial charge in [-0.3, -0.25) is 0 Å². The lowest BCUT2D eigenvalue weighted by molar-refractivity contribution is 0.186. The molecule has 154 valence electrons. The molecular weight excluding hydrogens is 370 g/mol. The summed E-state index contributed by atoms with van der Waals surface area (Å²) in [6.45, 7) is 3.95. The molecule has 0 bridgehead atoms. The molecule has 2 aliphatic heterocycles. The number of carbonyl (C=O) groups excluding carboxylic acids is 1. The van der Waals surface area contributed by atoms with Gasteiger partial charge >= 0.3 is 6.03 Å². The van der Waals surface area contributed by atoms with Crippen molar-refractivity contribution in [2.45, 2.75) is 13.0 Å². The number of hydrogen-bond acceptors (Lipinski definition) is 5. The van der Waals surface area contributed by atoms with Crippen LogP contribution in [0.5, 0.6) is 17.2 Å². The maximum absolute atomic E-state index is 12.7. The fraction of sp³-hybridized carbons (Fsp3) is 0.409. The van der Waals surface area contributed by atoms with E-state index in [0.29, 0.717) is 37.9 Å². The second kappa shape index (κ2) is 8.51. The summed E-state index contributed by atoms with van der Waals surface area (Å²) in [6.07, 6.45) is 1.04. The third kappa shape index (κ3) is 4.50. The average Bonchev–Trinajstić information content (AvgIpc) is 3.12. The molecular formula is C22H27N3O4. The predicted octanol–water partition coefficient (Wildman–Crippen LogP) is 2.83. The minimum absolute atomic E-state index is 0.0747. The number of nitrogens with zero attached hydrogens (tertiary/aromatic N) is 2. The Morgan fingerprint density at radius 3 is 3.03 bits per heavy atom. The van der Waals surface area contributed by atoms with Crippen LogP contribution in [0, 0.1) is 5.92 Å². The Kier molecular flexibility index (Phi) is 5.64. The number of nitrogens with one attached hydrogen (secondary N) is 1. The van der Waals surface area contributed by atoms with Crippen molar-refractivity contribution in [3.8, 4) is 17.2 Å². The van der Waals surface area contributed by atoms with Gasteiger partial charge in [-0.05, 0) is 36.6 Å². The molecule has 2 aromatic carbocycles. The van der Waals surface area contributed by atoms with Crippen molar-refractivity contribution in [2.24, 2.45) is 5.92 Å². The molecule has 2 amide bonds. The maximum atomic E-state index is 12.7. The zero-order valence-corrected chi connectivity index (χ0v) is 16.6. The van der Waals surface area contributed by atoms with Crippen LogP contribution in [0.15, 0.2) is 42.5 Å². The molecule has 29 heavy (non-hydrogen) atoms. The quantitative estimate of drug-likeness (QED) is 0.830. The highest BCUT2D eigenvalue weighted by Crippen LogP contribution is 2.28. The Balaban J connectivity index is 1.30. The first-order chi connectivity index (χ1) is 14.1. The largest absolute Gasteiger partial charge is 0.508 e. The van der Waals surface area contributed by atoms with Gasteiger partial charge < -0.3 is 29.7 Å². The van der Waals surface area contributed by atoms with Crippen molar-refractivity contribution < 1.29 is 19.4 Å². The van der Waals surface area contributed by atoms with Crippen molar-refractivity contribution in [1.29, 1.82) is 0 Å². The number of phenolic OH excluding ortho intramolecular Hbond substituents is 1. The number of methoxy groups -OCH3 is 1. The molecule has 0 aromatic heterocycles. The van der Waals surface area contributed by atoms with E-state index < -0.39 is 0 Å². The molecule has 0 spiro atoms. The molecule has 2 N–H and O–H groups in total. The van der Waals surface area contributed by atoms with Crippen LogP contribution in [0.25, 0.3) is 0 Å². The van der Waals surface area contributed by atoms with Gasteiger partial charge in [0.25, 0.3) is 0 Å². The van der Waals surface area contributed by atoms with Gasteiger partial charge in [-0.15, -0.1) is 0 Å². The number of fused-ring (bicyclic) bond motifs is 1. The molecule has 1 unspecified atom stereocenters. The van der Waals surface area contributed by atoms with E-state index in [2.05, 4.69) is 16.3 Å². The summed E-state index contributed by atoms with van der Waals surface area (Å²) >= 11 is 0. The fourth-order valence-corrected chi connectivity index (χ4v) is 3.92. The minimum Gasteiger partial charge on any atom is -0.508 e. The second-order valence-corrected chi connectivity index (χ2v) is 7.55. The molecule has 0 radical (unpaired) electrons. The van der Waals surface area contributed by atoms with Crippen LogP contribution >= 0.6 is 0 Å². The molecule has 1 atom stereocenters. The minimum atomic E-state index is -0.0747. The topological polar surface area (TPSA) is 74.3 Å². The van der Waals surface area contributed by atoms with Gasteiger partial charge in [0.2, 0.25) is 0 Å². The van der Waals surface area contributed by atoms with Gasteiger partial charge in [-0.2, -0.15) is 0 Å². The van der Waals surface area contributed by atoms with Gasteiger partial charge in [0.1, 0.15) is 23.9 Å². The standard InChI is InChI=1S/C22H27N3O4/c1-28-20-4-2-3-18(11-20)24-8-7-16(14-24)13-23-22(27)25-9-10-29-21-12-19(26)6-5-17(21)15-25/h2-6,11-12,16,26H,7-10,13-15H2,1H3,(H,23,27). The lowest BCUT2D eigenvalue weighted by Gasteiger charge is -2.22. The van der Waals surface area contributed by atoms with E-state index in [0.717, 1.165) is 36.5 Å². The van der Waals surface area contributed by atoms with E-state index >= 15 is 0 Å². The summed E-state index contributed by atoms with van der Waals surface area (Å²) < 4.78 is 11.0. The van der Waals surface area contributed by atoms with Gasteiger partial charge in [0, 0.05) is 43.0 Å². The molecule has 0 aliphatic carbocycles. The van der Waals surface area contributed by atoms with Crippen LogP contribution in [0.2, 0.25) is 0 Å². The first-order valence-corrected chi connectivity index (χ1v) is 9.99. The number of hydrogen-bond donors (Lipinski definition) is 2. The second-order valence-electron chi connectivity index (χ2n) is 7.55. The lowest BCUT2D eigenvalue weighted by atomic mass is 10.1. The van der Waals surface area contributed by atoms with Crippen LogP contribution in [-0.2, 0) is 6.54 Å². The first kappa shape index (κ1) is 19.2. The number of amides is 2. The predicted molar refractivity (Wildman–Crippen MR) is 111 cm³/mol. The zero-order chi connectivity index (χ0) is 20.2. The van der Waals surface area contributed by atoms with Crippen LogP contribution < -0.4 is 19.7 Å². The average molecular weight is 397 g/mol. The molecule has 4 rings (SSSR count). The molecule has 2 aromatic rings. The molecule has 1 fully saturated rings. The van der Waals surface area contributed by atoms with E-state index in [9.17, 15) is 9.90 Å². The van der Waals surface area contributed by atoms with E-state index in [1.165, 1.54) is 0 Å². The number of phenols is 1. The number of anilines is 1. The summed E-state index contributed by atoms with van der Waals surface area (Å²) in [5, 5.41) is 12.7. The van der Waals surface area contributed by atoms with E-state index in [-0.39, 0.29) is 11.8 Å². The Morgan fingerprint density at radius 2 is 2.17 bits per heavy atom. The zero-order valence-electron chi connectivity index (χ0n) is 16.6. The van der Waals surface area contributed by atoms with E-state index in [1.54, 1.807) is 30.2 Å². The lowest BCUT2D eigenvalue weighted by Crippen LogP contribution is -2.42. The van der Waals surface area contributed by atoms with Crippen LogP contribution in [-0.4, -0.2) is 55.9 Å². The highest BCUT2D eigenvalue weighted by atomic mass is 16.5. The van der Waals surface area contributed by atoms with Crippen LogP contribution in [0.3, 0.4) is 0 Å². The Bertz CT molecular complexity index is 873. The summed E-state index contributed by atoms with van der Waals surface area (Å²) in [5.74, 6) is 2.09. The highest BCUT2D eigenvalue weighted by Gasteiger charge is 2.25. The highest BCUT2D eigenvalue weighted by molar-refractivity contribution is 5.74. The van der Waals surface area contributed by atoms with Crippen molar-refractivity contribution in [3.63, 3.8) is 0 Å². The molecule has 1 saturated heterocycles.